The van der Waals surface area contributed by atoms with Crippen LogP contribution >= 0.6 is 11.3 Å². The molecule has 1 fully saturated rings. The number of methoxy groups -OCH3 is 1. The molecule has 1 saturated heterocycles. The van der Waals surface area contributed by atoms with E-state index in [4.69, 9.17) is 4.74 Å². The van der Waals surface area contributed by atoms with E-state index >= 15 is 0 Å². The molecule has 2 heterocycles. The summed E-state index contributed by atoms with van der Waals surface area (Å²) in [4.78, 5) is 18.0. The summed E-state index contributed by atoms with van der Waals surface area (Å²) in [5.74, 6) is -0.124. The summed E-state index contributed by atoms with van der Waals surface area (Å²) >= 11 is 1.65. The van der Waals surface area contributed by atoms with Gasteiger partial charge in [0.15, 0.2) is 0 Å². The predicted molar refractivity (Wildman–Crippen MR) is 62.3 cm³/mol. The first-order valence-corrected chi connectivity index (χ1v) is 6.38. The summed E-state index contributed by atoms with van der Waals surface area (Å²) in [5, 5.41) is 3.07. The molecule has 0 bridgehead atoms. The van der Waals surface area contributed by atoms with Gasteiger partial charge in [-0.2, -0.15) is 0 Å². The fourth-order valence-corrected chi connectivity index (χ4v) is 2.96. The Morgan fingerprint density at radius 3 is 3.06 bits per heavy atom. The fourth-order valence-electron chi connectivity index (χ4n) is 2.12. The maximum absolute atomic E-state index is 11.5. The maximum Gasteiger partial charge on any atom is 0.323 e. The van der Waals surface area contributed by atoms with E-state index in [0.717, 1.165) is 24.4 Å². The van der Waals surface area contributed by atoms with Crippen molar-refractivity contribution in [1.82, 2.24) is 9.88 Å². The summed E-state index contributed by atoms with van der Waals surface area (Å²) in [7, 11) is 1.45. The minimum Gasteiger partial charge on any atom is -0.468 e. The van der Waals surface area contributed by atoms with Gasteiger partial charge in [-0.05, 0) is 12.8 Å². The summed E-state index contributed by atoms with van der Waals surface area (Å²) in [6.07, 6.45) is 3.69. The molecule has 88 valence electrons. The van der Waals surface area contributed by atoms with E-state index in [1.807, 2.05) is 11.6 Å². The van der Waals surface area contributed by atoms with E-state index in [1.165, 1.54) is 7.11 Å². The summed E-state index contributed by atoms with van der Waals surface area (Å²) in [6, 6.07) is 0.191. The molecule has 16 heavy (non-hydrogen) atoms. The minimum atomic E-state index is -0.124. The smallest absolute Gasteiger partial charge is 0.323 e. The largest absolute Gasteiger partial charge is 0.468 e. The highest BCUT2D eigenvalue weighted by molar-refractivity contribution is 7.09. The van der Waals surface area contributed by atoms with Crippen molar-refractivity contribution in [3.63, 3.8) is 0 Å². The molecule has 0 radical (unpaired) electrons. The second-order valence-corrected chi connectivity index (χ2v) is 4.79. The normalized spacial score (nSPS) is 22.5. The standard InChI is InChI=1S/C11H16N2O2S/c1-3-8(10-12-5-7-16-10)13-6-4-9(13)11(14)15-2/h5,7-9H,3-4,6H2,1-2H3. The zero-order valence-electron chi connectivity index (χ0n) is 9.55. The van der Waals surface area contributed by atoms with Gasteiger partial charge >= 0.3 is 5.97 Å². The third-order valence-electron chi connectivity index (χ3n) is 3.06. The highest BCUT2D eigenvalue weighted by Crippen LogP contribution is 2.34. The van der Waals surface area contributed by atoms with Crippen molar-refractivity contribution in [2.45, 2.75) is 31.8 Å². The van der Waals surface area contributed by atoms with Gasteiger partial charge in [0, 0.05) is 18.1 Å². The monoisotopic (exact) mass is 240 g/mol. The number of hydrogen-bond donors (Lipinski definition) is 0. The van der Waals surface area contributed by atoms with E-state index in [9.17, 15) is 4.79 Å². The van der Waals surface area contributed by atoms with Gasteiger partial charge < -0.3 is 4.74 Å². The molecular formula is C11H16N2O2S. The highest BCUT2D eigenvalue weighted by Gasteiger charge is 2.40. The molecule has 4 nitrogen and oxygen atoms in total. The first-order chi connectivity index (χ1) is 7.77. The van der Waals surface area contributed by atoms with Gasteiger partial charge in [0.05, 0.1) is 13.2 Å². The number of thiazole rings is 1. The molecule has 1 aliphatic heterocycles. The molecular weight excluding hydrogens is 224 g/mol. The Labute approximate surface area is 99.2 Å². The molecule has 1 aliphatic rings. The first-order valence-electron chi connectivity index (χ1n) is 5.51. The van der Waals surface area contributed by atoms with E-state index in [-0.39, 0.29) is 18.1 Å². The van der Waals surface area contributed by atoms with Crippen LogP contribution in [0.25, 0.3) is 0 Å². The third-order valence-corrected chi connectivity index (χ3v) is 3.93. The van der Waals surface area contributed by atoms with Crippen LogP contribution in [0.3, 0.4) is 0 Å². The van der Waals surface area contributed by atoms with Gasteiger partial charge in [-0.25, -0.2) is 4.98 Å². The van der Waals surface area contributed by atoms with Crippen LogP contribution < -0.4 is 0 Å². The zero-order valence-corrected chi connectivity index (χ0v) is 10.4. The number of nitrogens with zero attached hydrogens (tertiary/aromatic N) is 2. The fraction of sp³-hybridized carbons (Fsp3) is 0.636. The zero-order chi connectivity index (χ0) is 11.5. The summed E-state index contributed by atoms with van der Waals surface area (Å²) < 4.78 is 4.80. The Morgan fingerprint density at radius 1 is 1.81 bits per heavy atom. The lowest BCUT2D eigenvalue weighted by molar-refractivity contribution is -0.154. The van der Waals surface area contributed by atoms with Crippen LogP contribution in [-0.4, -0.2) is 35.5 Å². The van der Waals surface area contributed by atoms with Crippen molar-refractivity contribution in [1.29, 1.82) is 0 Å². The summed E-state index contributed by atoms with van der Waals surface area (Å²) in [5.41, 5.74) is 0. The topological polar surface area (TPSA) is 42.4 Å². The number of carbonyl (C=O) groups excluding carboxylic acids is 1. The number of hydrogen-bond acceptors (Lipinski definition) is 5. The Morgan fingerprint density at radius 2 is 2.62 bits per heavy atom. The Hall–Kier alpha value is -0.940. The van der Waals surface area contributed by atoms with Crippen LogP contribution in [0.15, 0.2) is 11.6 Å². The molecule has 0 N–H and O–H groups in total. The van der Waals surface area contributed by atoms with Crippen molar-refractivity contribution in [3.8, 4) is 0 Å². The maximum atomic E-state index is 11.5. The molecule has 2 rings (SSSR count). The second kappa shape index (κ2) is 4.93. The van der Waals surface area contributed by atoms with Gasteiger partial charge in [0.25, 0.3) is 0 Å². The van der Waals surface area contributed by atoms with Crippen LogP contribution in [0, 0.1) is 0 Å². The van der Waals surface area contributed by atoms with Gasteiger partial charge in [0.2, 0.25) is 0 Å². The van der Waals surface area contributed by atoms with E-state index in [2.05, 4.69) is 16.8 Å². The van der Waals surface area contributed by atoms with Crippen molar-refractivity contribution >= 4 is 17.3 Å². The molecule has 5 heteroatoms. The number of esters is 1. The van der Waals surface area contributed by atoms with Gasteiger partial charge in [-0.3, -0.25) is 9.69 Å². The first kappa shape index (κ1) is 11.5. The Kier molecular flexibility index (Phi) is 3.56. The quantitative estimate of drug-likeness (QED) is 0.753. The second-order valence-electron chi connectivity index (χ2n) is 3.86. The van der Waals surface area contributed by atoms with Crippen LogP contribution in [0.5, 0.6) is 0 Å². The molecule has 0 spiro atoms. The van der Waals surface area contributed by atoms with Crippen molar-refractivity contribution in [2.24, 2.45) is 0 Å². The van der Waals surface area contributed by atoms with Crippen LogP contribution in [0.4, 0.5) is 0 Å². The third kappa shape index (κ3) is 1.97. The predicted octanol–water partition coefficient (Wildman–Crippen LogP) is 1.84. The van der Waals surface area contributed by atoms with Crippen molar-refractivity contribution in [3.05, 3.63) is 16.6 Å². The van der Waals surface area contributed by atoms with Gasteiger partial charge in [-0.15, -0.1) is 11.3 Å². The van der Waals surface area contributed by atoms with Crippen LogP contribution in [0.1, 0.15) is 30.8 Å². The van der Waals surface area contributed by atoms with Crippen LogP contribution in [0.2, 0.25) is 0 Å². The lowest BCUT2D eigenvalue weighted by Gasteiger charge is -2.43. The average Bonchev–Trinajstić information content (AvgIpc) is 2.76. The van der Waals surface area contributed by atoms with Gasteiger partial charge in [-0.1, -0.05) is 6.92 Å². The average molecular weight is 240 g/mol. The molecule has 1 aromatic rings. The highest BCUT2D eigenvalue weighted by atomic mass is 32.1. The molecule has 2 atom stereocenters. The lowest BCUT2D eigenvalue weighted by atomic mass is 9.98. The molecule has 0 aliphatic carbocycles. The van der Waals surface area contributed by atoms with E-state index in [0.29, 0.717) is 0 Å². The Balaban J connectivity index is 2.08. The SMILES string of the molecule is CCC(c1nccs1)N1CCC1C(=O)OC. The number of likely N-dealkylation sites (tertiary alicyclic amines) is 1. The van der Waals surface area contributed by atoms with Crippen LogP contribution in [-0.2, 0) is 9.53 Å². The number of aromatic nitrogens is 1. The van der Waals surface area contributed by atoms with Crippen molar-refractivity contribution < 1.29 is 9.53 Å². The molecule has 2 unspecified atom stereocenters. The summed E-state index contributed by atoms with van der Waals surface area (Å²) in [6.45, 7) is 3.08. The van der Waals surface area contributed by atoms with E-state index in [1.54, 1.807) is 11.3 Å². The van der Waals surface area contributed by atoms with E-state index < -0.39 is 0 Å². The lowest BCUT2D eigenvalue weighted by Crippen LogP contribution is -2.54. The van der Waals surface area contributed by atoms with Gasteiger partial charge in [0.1, 0.15) is 11.0 Å². The Bertz CT molecular complexity index is 353. The molecule has 0 amide bonds. The molecule has 1 aromatic heterocycles. The molecule has 0 saturated carbocycles. The number of rotatable bonds is 4. The number of carbonyl (C=O) groups is 1. The number of ether oxygens (including phenoxy) is 1. The minimum absolute atomic E-state index is 0.0705. The molecule has 0 aromatic carbocycles. The van der Waals surface area contributed by atoms with Crippen molar-refractivity contribution in [2.75, 3.05) is 13.7 Å².